The highest BCUT2D eigenvalue weighted by Gasteiger charge is 2.30. The van der Waals surface area contributed by atoms with Gasteiger partial charge in [-0.15, -0.1) is 11.8 Å². The van der Waals surface area contributed by atoms with Gasteiger partial charge in [-0.25, -0.2) is 4.98 Å². The smallest absolute Gasteiger partial charge is 0.256 e. The molecule has 0 spiro atoms. The summed E-state index contributed by atoms with van der Waals surface area (Å²) in [5.41, 5.74) is 2.18. The van der Waals surface area contributed by atoms with Crippen LogP contribution in [0.1, 0.15) is 22.2 Å². The molecule has 0 bridgehead atoms. The minimum absolute atomic E-state index is 0.0141. The third kappa shape index (κ3) is 3.56. The molecule has 0 N–H and O–H groups in total. The summed E-state index contributed by atoms with van der Waals surface area (Å²) in [5.74, 6) is 1.60. The highest BCUT2D eigenvalue weighted by molar-refractivity contribution is 7.99. The van der Waals surface area contributed by atoms with Crippen LogP contribution in [0.4, 0.5) is 0 Å². The van der Waals surface area contributed by atoms with E-state index >= 15 is 0 Å². The van der Waals surface area contributed by atoms with Gasteiger partial charge in [-0.2, -0.15) is 0 Å². The lowest BCUT2D eigenvalue weighted by atomic mass is 10.2. The van der Waals surface area contributed by atoms with Gasteiger partial charge in [0.1, 0.15) is 17.7 Å². The molecule has 1 atom stereocenters. The largest absolute Gasteiger partial charge is 0.497 e. The quantitative estimate of drug-likeness (QED) is 0.837. The SMILES string of the molecule is COc1ccc(C2SCCN2C(=O)Cn2cnc(C)c(C)c2=O)cc1. The number of amides is 1. The molecule has 1 fully saturated rings. The van der Waals surface area contributed by atoms with Crippen LogP contribution < -0.4 is 10.3 Å². The lowest BCUT2D eigenvalue weighted by molar-refractivity contribution is -0.132. The molecule has 1 aliphatic heterocycles. The standard InChI is InChI=1S/C18H21N3O3S/c1-12-13(2)19-11-20(17(12)23)10-16(22)21-8-9-25-18(21)14-4-6-15(24-3)7-5-14/h4-7,11,18H,8-10H2,1-3H3. The van der Waals surface area contributed by atoms with Gasteiger partial charge in [0, 0.05) is 23.6 Å². The molecule has 6 nitrogen and oxygen atoms in total. The minimum atomic E-state index is -0.159. The molecule has 1 unspecified atom stereocenters. The first kappa shape index (κ1) is 17.5. The topological polar surface area (TPSA) is 64.4 Å². The third-order valence-electron chi connectivity index (χ3n) is 4.43. The highest BCUT2D eigenvalue weighted by Crippen LogP contribution is 2.38. The average Bonchev–Trinajstić information content (AvgIpc) is 3.12. The Labute approximate surface area is 150 Å². The molecule has 1 saturated heterocycles. The Hall–Kier alpha value is -2.28. The zero-order valence-corrected chi connectivity index (χ0v) is 15.4. The van der Waals surface area contributed by atoms with Crippen molar-refractivity contribution in [2.75, 3.05) is 19.4 Å². The Morgan fingerprint density at radius 1 is 1.32 bits per heavy atom. The molecular weight excluding hydrogens is 338 g/mol. The number of carbonyl (C=O) groups excluding carboxylic acids is 1. The van der Waals surface area contributed by atoms with Crippen LogP contribution in [0.15, 0.2) is 35.4 Å². The van der Waals surface area contributed by atoms with Gasteiger partial charge in [-0.1, -0.05) is 12.1 Å². The number of rotatable bonds is 4. The van der Waals surface area contributed by atoms with Crippen molar-refractivity contribution in [1.29, 1.82) is 0 Å². The van der Waals surface area contributed by atoms with Gasteiger partial charge >= 0.3 is 0 Å². The number of methoxy groups -OCH3 is 1. The van der Waals surface area contributed by atoms with Crippen molar-refractivity contribution in [2.45, 2.75) is 25.8 Å². The van der Waals surface area contributed by atoms with Crippen LogP contribution in [0, 0.1) is 13.8 Å². The third-order valence-corrected chi connectivity index (χ3v) is 5.69. The number of ether oxygens (including phenoxy) is 1. The zero-order chi connectivity index (χ0) is 18.0. The van der Waals surface area contributed by atoms with Crippen LogP contribution in [0.3, 0.4) is 0 Å². The number of thioether (sulfide) groups is 1. The fraction of sp³-hybridized carbons (Fsp3) is 0.389. The fourth-order valence-corrected chi connectivity index (χ4v) is 4.07. The first-order valence-corrected chi connectivity index (χ1v) is 9.14. The maximum atomic E-state index is 12.8. The predicted molar refractivity (Wildman–Crippen MR) is 97.9 cm³/mol. The van der Waals surface area contributed by atoms with E-state index in [0.717, 1.165) is 17.1 Å². The molecular formula is C18H21N3O3S. The minimum Gasteiger partial charge on any atom is -0.497 e. The molecule has 0 aliphatic carbocycles. The number of benzene rings is 1. The van der Waals surface area contributed by atoms with E-state index in [9.17, 15) is 9.59 Å². The molecule has 2 aromatic rings. The molecule has 1 aliphatic rings. The maximum absolute atomic E-state index is 12.8. The zero-order valence-electron chi connectivity index (χ0n) is 14.6. The molecule has 7 heteroatoms. The molecule has 25 heavy (non-hydrogen) atoms. The van der Waals surface area contributed by atoms with Crippen molar-refractivity contribution in [3.63, 3.8) is 0 Å². The van der Waals surface area contributed by atoms with E-state index in [4.69, 9.17) is 4.74 Å². The van der Waals surface area contributed by atoms with Crippen LogP contribution in [0.25, 0.3) is 0 Å². The van der Waals surface area contributed by atoms with Crippen LogP contribution in [-0.2, 0) is 11.3 Å². The maximum Gasteiger partial charge on any atom is 0.256 e. The lowest BCUT2D eigenvalue weighted by Crippen LogP contribution is -2.36. The Morgan fingerprint density at radius 2 is 2.04 bits per heavy atom. The number of hydrogen-bond acceptors (Lipinski definition) is 5. The summed E-state index contributed by atoms with van der Waals surface area (Å²) >= 11 is 1.73. The molecule has 3 rings (SSSR count). The molecule has 0 radical (unpaired) electrons. The van der Waals surface area contributed by atoms with Crippen LogP contribution >= 0.6 is 11.8 Å². The van der Waals surface area contributed by atoms with Crippen molar-refractivity contribution in [2.24, 2.45) is 0 Å². The van der Waals surface area contributed by atoms with Crippen molar-refractivity contribution in [3.8, 4) is 5.75 Å². The average molecular weight is 359 g/mol. The normalized spacial score (nSPS) is 16.9. The summed E-state index contributed by atoms with van der Waals surface area (Å²) in [7, 11) is 1.63. The van der Waals surface area contributed by atoms with Crippen molar-refractivity contribution in [3.05, 3.63) is 57.8 Å². The van der Waals surface area contributed by atoms with E-state index in [1.54, 1.807) is 32.7 Å². The van der Waals surface area contributed by atoms with Gasteiger partial charge < -0.3 is 9.64 Å². The van der Waals surface area contributed by atoms with Crippen molar-refractivity contribution >= 4 is 17.7 Å². The number of carbonyl (C=O) groups is 1. The van der Waals surface area contributed by atoms with Crippen molar-refractivity contribution in [1.82, 2.24) is 14.5 Å². The van der Waals surface area contributed by atoms with E-state index in [2.05, 4.69) is 4.98 Å². The summed E-state index contributed by atoms with van der Waals surface area (Å²) in [5, 5.41) is -0.0337. The van der Waals surface area contributed by atoms with Gasteiger partial charge in [0.15, 0.2) is 0 Å². The Morgan fingerprint density at radius 3 is 2.72 bits per heavy atom. The van der Waals surface area contributed by atoms with Crippen LogP contribution in [0.2, 0.25) is 0 Å². The predicted octanol–water partition coefficient (Wildman–Crippen LogP) is 2.14. The van der Waals surface area contributed by atoms with Crippen LogP contribution in [-0.4, -0.2) is 39.8 Å². The number of hydrogen-bond donors (Lipinski definition) is 0. The first-order chi connectivity index (χ1) is 12.0. The van der Waals surface area contributed by atoms with Crippen LogP contribution in [0.5, 0.6) is 5.75 Å². The second kappa shape index (κ2) is 7.31. The van der Waals surface area contributed by atoms with E-state index in [-0.39, 0.29) is 23.4 Å². The molecule has 1 aromatic carbocycles. The van der Waals surface area contributed by atoms with E-state index < -0.39 is 0 Å². The lowest BCUT2D eigenvalue weighted by Gasteiger charge is -2.24. The van der Waals surface area contributed by atoms with E-state index in [1.165, 1.54) is 10.9 Å². The molecule has 132 valence electrons. The second-order valence-electron chi connectivity index (χ2n) is 5.97. The number of aryl methyl sites for hydroxylation is 1. The van der Waals surface area contributed by atoms with E-state index in [0.29, 0.717) is 17.8 Å². The number of nitrogens with zero attached hydrogens (tertiary/aromatic N) is 3. The summed E-state index contributed by atoms with van der Waals surface area (Å²) in [6, 6.07) is 7.75. The summed E-state index contributed by atoms with van der Waals surface area (Å²) in [4.78, 5) is 31.1. The first-order valence-electron chi connectivity index (χ1n) is 8.09. The molecule has 2 heterocycles. The summed E-state index contributed by atoms with van der Waals surface area (Å²) < 4.78 is 6.57. The van der Waals surface area contributed by atoms with Gasteiger partial charge in [0.2, 0.25) is 5.91 Å². The molecule has 1 aromatic heterocycles. The molecule has 0 saturated carbocycles. The Balaban J connectivity index is 1.79. The van der Waals surface area contributed by atoms with Gasteiger partial charge in [-0.3, -0.25) is 14.2 Å². The molecule has 1 amide bonds. The Kier molecular flexibility index (Phi) is 5.13. The fourth-order valence-electron chi connectivity index (χ4n) is 2.80. The highest BCUT2D eigenvalue weighted by atomic mass is 32.2. The van der Waals surface area contributed by atoms with Gasteiger partial charge in [-0.05, 0) is 31.5 Å². The second-order valence-corrected chi connectivity index (χ2v) is 7.16. The van der Waals surface area contributed by atoms with Gasteiger partial charge in [0.05, 0.1) is 13.4 Å². The van der Waals surface area contributed by atoms with E-state index in [1.807, 2.05) is 29.2 Å². The Bertz CT molecular complexity index is 832. The van der Waals surface area contributed by atoms with Crippen molar-refractivity contribution < 1.29 is 9.53 Å². The van der Waals surface area contributed by atoms with Gasteiger partial charge in [0.25, 0.3) is 5.56 Å². The number of aromatic nitrogens is 2. The summed E-state index contributed by atoms with van der Waals surface area (Å²) in [6.07, 6.45) is 1.45. The summed E-state index contributed by atoms with van der Waals surface area (Å²) in [6.45, 7) is 4.21. The monoisotopic (exact) mass is 359 g/mol.